The van der Waals surface area contributed by atoms with Gasteiger partial charge in [0, 0.05) is 18.5 Å². The van der Waals surface area contributed by atoms with Gasteiger partial charge in [-0.3, -0.25) is 4.79 Å². The summed E-state index contributed by atoms with van der Waals surface area (Å²) < 4.78 is 13.4. The Morgan fingerprint density at radius 3 is 2.86 bits per heavy atom. The molecule has 1 aromatic heterocycles. The van der Waals surface area contributed by atoms with Crippen LogP contribution < -0.4 is 5.32 Å². The maximum Gasteiger partial charge on any atom is 0.252 e. The standard InChI is InChI=1S/C16H17ClFN3O/c17-15-10-13(12-9-11(18)3-4-14(12)20-15)16(22)19-5-8-21-6-1-2-7-21/h3-4,9-10H,1-2,5-8H2,(H,19,22). The van der Waals surface area contributed by atoms with Crippen LogP contribution in [0.3, 0.4) is 0 Å². The Hall–Kier alpha value is -1.72. The predicted octanol–water partition coefficient (Wildman–Crippen LogP) is 2.85. The fourth-order valence-corrected chi connectivity index (χ4v) is 2.98. The summed E-state index contributed by atoms with van der Waals surface area (Å²) in [5.41, 5.74) is 0.870. The zero-order valence-electron chi connectivity index (χ0n) is 12.1. The molecule has 0 radical (unpaired) electrons. The van der Waals surface area contributed by atoms with Crippen molar-refractivity contribution < 1.29 is 9.18 Å². The number of nitrogens with one attached hydrogen (secondary N) is 1. The van der Waals surface area contributed by atoms with Crippen LogP contribution in [0.1, 0.15) is 23.2 Å². The summed E-state index contributed by atoms with van der Waals surface area (Å²) in [6.45, 7) is 3.57. The summed E-state index contributed by atoms with van der Waals surface area (Å²) in [5.74, 6) is -0.651. The van der Waals surface area contributed by atoms with Gasteiger partial charge in [0.2, 0.25) is 0 Å². The lowest BCUT2D eigenvalue weighted by Crippen LogP contribution is -2.33. The number of carbonyl (C=O) groups is 1. The quantitative estimate of drug-likeness (QED) is 0.881. The summed E-state index contributed by atoms with van der Waals surface area (Å²) in [6.07, 6.45) is 2.44. The van der Waals surface area contributed by atoms with Crippen molar-refractivity contribution in [2.75, 3.05) is 26.2 Å². The Balaban J connectivity index is 1.76. The van der Waals surface area contributed by atoms with Gasteiger partial charge in [0.05, 0.1) is 11.1 Å². The van der Waals surface area contributed by atoms with Gasteiger partial charge in [-0.2, -0.15) is 0 Å². The van der Waals surface area contributed by atoms with Crippen molar-refractivity contribution in [1.82, 2.24) is 15.2 Å². The first kappa shape index (κ1) is 15.2. The molecule has 0 spiro atoms. The molecule has 1 N–H and O–H groups in total. The Morgan fingerprint density at radius 2 is 2.09 bits per heavy atom. The summed E-state index contributed by atoms with van der Waals surface area (Å²) in [7, 11) is 0. The van der Waals surface area contributed by atoms with Crippen LogP contribution in [0, 0.1) is 5.82 Å². The van der Waals surface area contributed by atoms with Crippen LogP contribution in [0.15, 0.2) is 24.3 Å². The van der Waals surface area contributed by atoms with Crippen LogP contribution >= 0.6 is 11.6 Å². The molecule has 22 heavy (non-hydrogen) atoms. The van der Waals surface area contributed by atoms with Gasteiger partial charge in [0.25, 0.3) is 5.91 Å². The second-order valence-corrected chi connectivity index (χ2v) is 5.85. The molecule has 1 aromatic carbocycles. The van der Waals surface area contributed by atoms with E-state index in [9.17, 15) is 9.18 Å². The van der Waals surface area contributed by atoms with Gasteiger partial charge in [-0.15, -0.1) is 0 Å². The van der Waals surface area contributed by atoms with E-state index in [1.807, 2.05) is 0 Å². The highest BCUT2D eigenvalue weighted by Gasteiger charge is 2.15. The number of nitrogens with zero attached hydrogens (tertiary/aromatic N) is 2. The van der Waals surface area contributed by atoms with E-state index in [0.29, 0.717) is 23.0 Å². The van der Waals surface area contributed by atoms with Gasteiger partial charge in [-0.05, 0) is 50.2 Å². The van der Waals surface area contributed by atoms with E-state index in [1.165, 1.54) is 37.1 Å². The van der Waals surface area contributed by atoms with Crippen molar-refractivity contribution >= 4 is 28.4 Å². The molecule has 2 heterocycles. The van der Waals surface area contributed by atoms with Crippen LogP contribution in [-0.2, 0) is 0 Å². The maximum absolute atomic E-state index is 13.4. The van der Waals surface area contributed by atoms with Gasteiger partial charge in [0.1, 0.15) is 11.0 Å². The Morgan fingerprint density at radius 1 is 1.32 bits per heavy atom. The number of likely N-dealkylation sites (tertiary alicyclic amines) is 1. The molecule has 116 valence electrons. The van der Waals surface area contributed by atoms with Crippen LogP contribution in [0.2, 0.25) is 5.15 Å². The third kappa shape index (κ3) is 3.36. The number of benzene rings is 1. The first-order chi connectivity index (χ1) is 10.6. The minimum absolute atomic E-state index is 0.226. The molecule has 1 aliphatic heterocycles. The minimum Gasteiger partial charge on any atom is -0.351 e. The lowest BCUT2D eigenvalue weighted by molar-refractivity contribution is 0.0951. The SMILES string of the molecule is O=C(NCCN1CCCC1)c1cc(Cl)nc2ccc(F)cc12. The molecule has 2 aromatic rings. The number of carbonyl (C=O) groups excluding carboxylic acids is 1. The lowest BCUT2D eigenvalue weighted by atomic mass is 10.1. The Bertz CT molecular complexity index is 701. The smallest absolute Gasteiger partial charge is 0.252 e. The van der Waals surface area contributed by atoms with Gasteiger partial charge < -0.3 is 10.2 Å². The molecule has 1 saturated heterocycles. The summed E-state index contributed by atoms with van der Waals surface area (Å²) in [4.78, 5) is 18.8. The molecule has 3 rings (SSSR count). The molecule has 0 saturated carbocycles. The highest BCUT2D eigenvalue weighted by molar-refractivity contribution is 6.30. The third-order valence-electron chi connectivity index (χ3n) is 3.90. The number of hydrogen-bond donors (Lipinski definition) is 1. The number of aromatic nitrogens is 1. The largest absolute Gasteiger partial charge is 0.351 e. The van der Waals surface area contributed by atoms with Crippen molar-refractivity contribution in [2.45, 2.75) is 12.8 Å². The van der Waals surface area contributed by atoms with Crippen LogP contribution in [0.25, 0.3) is 10.9 Å². The summed E-state index contributed by atoms with van der Waals surface area (Å²) >= 11 is 5.95. The first-order valence-corrected chi connectivity index (χ1v) is 7.77. The van der Waals surface area contributed by atoms with Crippen LogP contribution in [0.4, 0.5) is 4.39 Å². The number of rotatable bonds is 4. The first-order valence-electron chi connectivity index (χ1n) is 7.40. The second-order valence-electron chi connectivity index (χ2n) is 5.46. The lowest BCUT2D eigenvalue weighted by Gasteiger charge is -2.15. The van der Waals surface area contributed by atoms with Crippen molar-refractivity contribution in [3.05, 3.63) is 40.8 Å². The zero-order chi connectivity index (χ0) is 15.5. The summed E-state index contributed by atoms with van der Waals surface area (Å²) in [5, 5.41) is 3.58. The zero-order valence-corrected chi connectivity index (χ0v) is 12.9. The Kier molecular flexibility index (Phi) is 4.55. The van der Waals surface area contributed by atoms with E-state index in [-0.39, 0.29) is 11.1 Å². The highest BCUT2D eigenvalue weighted by atomic mass is 35.5. The average molecular weight is 322 g/mol. The average Bonchev–Trinajstić information content (AvgIpc) is 3.00. The van der Waals surface area contributed by atoms with E-state index in [1.54, 1.807) is 0 Å². The fourth-order valence-electron chi connectivity index (χ4n) is 2.78. The predicted molar refractivity (Wildman–Crippen MR) is 84.7 cm³/mol. The van der Waals surface area contributed by atoms with Crippen molar-refractivity contribution in [3.8, 4) is 0 Å². The maximum atomic E-state index is 13.4. The Labute approximate surface area is 133 Å². The van der Waals surface area contributed by atoms with E-state index < -0.39 is 5.82 Å². The molecule has 0 bridgehead atoms. The second kappa shape index (κ2) is 6.58. The van der Waals surface area contributed by atoms with Crippen molar-refractivity contribution in [1.29, 1.82) is 0 Å². The minimum atomic E-state index is -0.400. The molecule has 1 fully saturated rings. The molecular formula is C16H17ClFN3O. The molecule has 1 amide bonds. The molecule has 6 heteroatoms. The molecule has 0 atom stereocenters. The van der Waals surface area contributed by atoms with Gasteiger partial charge >= 0.3 is 0 Å². The van der Waals surface area contributed by atoms with E-state index in [0.717, 1.165) is 19.6 Å². The number of fused-ring (bicyclic) bond motifs is 1. The van der Waals surface area contributed by atoms with Crippen LogP contribution in [-0.4, -0.2) is 42.0 Å². The monoisotopic (exact) mass is 321 g/mol. The third-order valence-corrected chi connectivity index (χ3v) is 4.09. The van der Waals surface area contributed by atoms with E-state index in [4.69, 9.17) is 11.6 Å². The van der Waals surface area contributed by atoms with Crippen molar-refractivity contribution in [3.63, 3.8) is 0 Å². The van der Waals surface area contributed by atoms with Gasteiger partial charge in [-0.1, -0.05) is 11.6 Å². The van der Waals surface area contributed by atoms with Crippen LogP contribution in [0.5, 0.6) is 0 Å². The molecular weight excluding hydrogens is 305 g/mol. The molecule has 4 nitrogen and oxygen atoms in total. The normalized spacial score (nSPS) is 15.4. The molecule has 0 aliphatic carbocycles. The van der Waals surface area contributed by atoms with E-state index >= 15 is 0 Å². The molecule has 0 unspecified atom stereocenters. The van der Waals surface area contributed by atoms with Crippen molar-refractivity contribution in [2.24, 2.45) is 0 Å². The number of amides is 1. The van der Waals surface area contributed by atoms with Gasteiger partial charge in [-0.25, -0.2) is 9.37 Å². The molecule has 1 aliphatic rings. The van der Waals surface area contributed by atoms with E-state index in [2.05, 4.69) is 15.2 Å². The topological polar surface area (TPSA) is 45.2 Å². The number of halogens is 2. The number of hydrogen-bond acceptors (Lipinski definition) is 3. The highest BCUT2D eigenvalue weighted by Crippen LogP contribution is 2.22. The fraction of sp³-hybridized carbons (Fsp3) is 0.375. The number of pyridine rings is 1. The summed E-state index contributed by atoms with van der Waals surface area (Å²) in [6, 6.07) is 5.63. The van der Waals surface area contributed by atoms with Gasteiger partial charge in [0.15, 0.2) is 0 Å².